The molecule has 24 heavy (non-hydrogen) atoms. The second-order valence-corrected chi connectivity index (χ2v) is 6.75. The molecule has 3 aromatic rings. The lowest BCUT2D eigenvalue weighted by atomic mass is 10.1. The SMILES string of the molecule is C1N2CN3CN1CN(C2)C3.c1cnc2c(c1)ccc1cccnc12. The van der Waals surface area contributed by atoms with Crippen LogP contribution in [0.5, 0.6) is 0 Å². The molecule has 6 heterocycles. The molecule has 0 aliphatic carbocycles. The maximum Gasteiger partial charge on any atom is 0.0964 e. The summed E-state index contributed by atoms with van der Waals surface area (Å²) >= 11 is 0. The van der Waals surface area contributed by atoms with Gasteiger partial charge in [-0.1, -0.05) is 24.3 Å². The maximum atomic E-state index is 4.35. The van der Waals surface area contributed by atoms with E-state index < -0.39 is 0 Å². The Morgan fingerprint density at radius 3 is 1.29 bits per heavy atom. The average Bonchev–Trinajstić information content (AvgIpc) is 2.61. The summed E-state index contributed by atoms with van der Waals surface area (Å²) in [6.07, 6.45) is 3.60. The van der Waals surface area contributed by atoms with Crippen LogP contribution in [0.2, 0.25) is 0 Å². The van der Waals surface area contributed by atoms with E-state index in [9.17, 15) is 0 Å². The highest BCUT2D eigenvalue weighted by atomic mass is 15.7. The molecule has 4 saturated heterocycles. The molecule has 0 saturated carbocycles. The number of fused-ring (bicyclic) bond motifs is 3. The third-order valence-electron chi connectivity index (χ3n) is 4.74. The summed E-state index contributed by atoms with van der Waals surface area (Å²) in [5.74, 6) is 0. The number of rotatable bonds is 0. The van der Waals surface area contributed by atoms with Gasteiger partial charge >= 0.3 is 0 Å². The Balaban J connectivity index is 0.000000115. The standard InChI is InChI=1S/C12H8N2.C6H12N4/c1-3-9-5-6-10-4-2-8-14-12(10)11(9)13-7-1;1-7-2-9-4-8(1)5-10(3-7)6-9/h1-8H;1-6H2. The first-order valence-corrected chi connectivity index (χ1v) is 8.33. The molecule has 6 nitrogen and oxygen atoms in total. The van der Waals surface area contributed by atoms with Crippen LogP contribution >= 0.6 is 0 Å². The monoisotopic (exact) mass is 320 g/mol. The normalized spacial score (nSPS) is 30.3. The zero-order chi connectivity index (χ0) is 15.9. The minimum atomic E-state index is 0.977. The van der Waals surface area contributed by atoms with Crippen LogP contribution in [0.1, 0.15) is 0 Å². The summed E-state index contributed by atoms with van der Waals surface area (Å²) in [7, 11) is 0. The van der Waals surface area contributed by atoms with Gasteiger partial charge in [-0.3, -0.25) is 29.6 Å². The van der Waals surface area contributed by atoms with Crippen molar-refractivity contribution in [3.63, 3.8) is 0 Å². The van der Waals surface area contributed by atoms with E-state index >= 15 is 0 Å². The van der Waals surface area contributed by atoms with E-state index in [2.05, 4.69) is 53.8 Å². The lowest BCUT2D eigenvalue weighted by Gasteiger charge is -2.56. The van der Waals surface area contributed by atoms with Gasteiger partial charge in [0.05, 0.1) is 51.0 Å². The second kappa shape index (κ2) is 5.75. The van der Waals surface area contributed by atoms with Crippen LogP contribution in [0.3, 0.4) is 0 Å². The zero-order valence-corrected chi connectivity index (χ0v) is 13.5. The molecular formula is C18H20N6. The van der Waals surface area contributed by atoms with Crippen LogP contribution in [0.25, 0.3) is 21.8 Å². The number of benzene rings is 1. The van der Waals surface area contributed by atoms with E-state index in [1.54, 1.807) is 12.4 Å². The largest absolute Gasteiger partial charge is 0.264 e. The smallest absolute Gasteiger partial charge is 0.0964 e. The fraction of sp³-hybridized carbons (Fsp3) is 0.333. The highest BCUT2D eigenvalue weighted by molar-refractivity contribution is 6.02. The topological polar surface area (TPSA) is 38.7 Å². The fourth-order valence-corrected chi connectivity index (χ4v) is 3.91. The quantitative estimate of drug-likeness (QED) is 0.588. The molecule has 0 atom stereocenters. The number of hydrogen-bond donors (Lipinski definition) is 0. The van der Waals surface area contributed by atoms with E-state index in [4.69, 9.17) is 0 Å². The van der Waals surface area contributed by atoms with Crippen molar-refractivity contribution in [1.82, 2.24) is 29.6 Å². The molecule has 0 radical (unpaired) electrons. The van der Waals surface area contributed by atoms with Crippen molar-refractivity contribution in [3.8, 4) is 0 Å². The highest BCUT2D eigenvalue weighted by Crippen LogP contribution is 2.21. The molecule has 2 aromatic heterocycles. The average molecular weight is 320 g/mol. The molecule has 4 aliphatic rings. The molecule has 0 amide bonds. The summed E-state index contributed by atoms with van der Waals surface area (Å²) in [5.41, 5.74) is 1.95. The molecular weight excluding hydrogens is 300 g/mol. The van der Waals surface area contributed by atoms with E-state index in [1.807, 2.05) is 12.1 Å². The van der Waals surface area contributed by atoms with Crippen molar-refractivity contribution in [2.75, 3.05) is 40.0 Å². The van der Waals surface area contributed by atoms with Crippen molar-refractivity contribution in [2.45, 2.75) is 0 Å². The number of aromatic nitrogens is 2. The van der Waals surface area contributed by atoms with Gasteiger partial charge in [-0.2, -0.15) is 0 Å². The Bertz CT molecular complexity index is 768. The summed E-state index contributed by atoms with van der Waals surface area (Å²) < 4.78 is 0. The highest BCUT2D eigenvalue weighted by Gasteiger charge is 2.36. The first-order valence-electron chi connectivity index (χ1n) is 8.33. The van der Waals surface area contributed by atoms with Crippen LogP contribution in [0.15, 0.2) is 48.8 Å². The Morgan fingerprint density at radius 1 is 0.542 bits per heavy atom. The summed E-state index contributed by atoms with van der Waals surface area (Å²) in [6, 6.07) is 12.1. The maximum absolute atomic E-state index is 4.35. The van der Waals surface area contributed by atoms with Gasteiger partial charge in [-0.25, -0.2) is 0 Å². The van der Waals surface area contributed by atoms with Crippen LogP contribution in [0.4, 0.5) is 0 Å². The Kier molecular flexibility index (Phi) is 3.41. The molecule has 0 spiro atoms. The van der Waals surface area contributed by atoms with E-state index in [1.165, 1.54) is 40.0 Å². The van der Waals surface area contributed by atoms with Gasteiger partial charge in [-0.05, 0) is 12.1 Å². The van der Waals surface area contributed by atoms with Crippen molar-refractivity contribution >= 4 is 21.8 Å². The van der Waals surface area contributed by atoms with Crippen molar-refractivity contribution in [3.05, 3.63) is 48.8 Å². The van der Waals surface area contributed by atoms with Gasteiger partial charge in [0.25, 0.3) is 0 Å². The van der Waals surface area contributed by atoms with Crippen LogP contribution in [0, 0.1) is 0 Å². The molecule has 122 valence electrons. The molecule has 6 heteroatoms. The Labute approximate surface area is 140 Å². The van der Waals surface area contributed by atoms with Crippen molar-refractivity contribution in [2.24, 2.45) is 0 Å². The number of pyridine rings is 2. The minimum Gasteiger partial charge on any atom is -0.264 e. The van der Waals surface area contributed by atoms with Gasteiger partial charge in [0.1, 0.15) is 0 Å². The van der Waals surface area contributed by atoms with Gasteiger partial charge in [0.2, 0.25) is 0 Å². The third-order valence-corrected chi connectivity index (χ3v) is 4.74. The van der Waals surface area contributed by atoms with Gasteiger partial charge < -0.3 is 0 Å². The summed E-state index contributed by atoms with van der Waals surface area (Å²) in [4.78, 5) is 18.6. The van der Waals surface area contributed by atoms with Crippen molar-refractivity contribution < 1.29 is 0 Å². The van der Waals surface area contributed by atoms with Crippen LogP contribution < -0.4 is 0 Å². The second-order valence-electron chi connectivity index (χ2n) is 6.75. The lowest BCUT2D eigenvalue weighted by Crippen LogP contribution is -2.71. The zero-order valence-electron chi connectivity index (χ0n) is 13.5. The number of hydrogen-bond acceptors (Lipinski definition) is 6. The van der Waals surface area contributed by atoms with Crippen LogP contribution in [-0.2, 0) is 0 Å². The number of nitrogens with zero attached hydrogens (tertiary/aromatic N) is 6. The van der Waals surface area contributed by atoms with Gasteiger partial charge in [0.15, 0.2) is 0 Å². The van der Waals surface area contributed by atoms with E-state index in [0.717, 1.165) is 21.8 Å². The predicted molar refractivity (Wildman–Crippen MR) is 93.6 cm³/mol. The molecule has 1 aromatic carbocycles. The molecule has 7 rings (SSSR count). The molecule has 4 aliphatic heterocycles. The van der Waals surface area contributed by atoms with Crippen LogP contribution in [-0.4, -0.2) is 69.6 Å². The third kappa shape index (κ3) is 2.53. The molecule has 0 unspecified atom stereocenters. The Morgan fingerprint density at radius 2 is 0.917 bits per heavy atom. The van der Waals surface area contributed by atoms with Gasteiger partial charge in [-0.15, -0.1) is 0 Å². The first kappa shape index (κ1) is 14.2. The van der Waals surface area contributed by atoms with E-state index in [0.29, 0.717) is 0 Å². The molecule has 4 fully saturated rings. The molecule has 0 N–H and O–H groups in total. The van der Waals surface area contributed by atoms with Crippen molar-refractivity contribution in [1.29, 1.82) is 0 Å². The lowest BCUT2D eigenvalue weighted by molar-refractivity contribution is -0.194. The Hall–Kier alpha value is -2.12. The summed E-state index contributed by atoms with van der Waals surface area (Å²) in [6.45, 7) is 7.12. The first-order chi connectivity index (χ1) is 11.8. The van der Waals surface area contributed by atoms with Gasteiger partial charge in [0, 0.05) is 23.2 Å². The minimum absolute atomic E-state index is 0.977. The van der Waals surface area contributed by atoms with E-state index in [-0.39, 0.29) is 0 Å². The summed E-state index contributed by atoms with van der Waals surface area (Å²) in [5, 5.41) is 2.28. The predicted octanol–water partition coefficient (Wildman–Crippen LogP) is 1.76. The molecule has 4 bridgehead atoms. The fourth-order valence-electron chi connectivity index (χ4n) is 3.91.